The Balaban J connectivity index is 2.18. The molecule has 2 rings (SSSR count). The smallest absolute Gasteiger partial charge is 0.141 e. The second kappa shape index (κ2) is 6.13. The highest BCUT2D eigenvalue weighted by Gasteiger charge is 2.12. The van der Waals surface area contributed by atoms with Crippen LogP contribution in [0, 0.1) is 11.6 Å². The van der Waals surface area contributed by atoms with Crippen LogP contribution in [0.25, 0.3) is 0 Å². The number of rotatable bonds is 4. The Morgan fingerprint density at radius 2 is 1.74 bits per heavy atom. The van der Waals surface area contributed by atoms with Crippen LogP contribution >= 0.6 is 11.6 Å². The average Bonchev–Trinajstić information content (AvgIpc) is 2.41. The third kappa shape index (κ3) is 3.52. The minimum atomic E-state index is -0.434. The van der Waals surface area contributed by atoms with Crippen molar-refractivity contribution in [3.05, 3.63) is 70.2 Å². The van der Waals surface area contributed by atoms with Crippen LogP contribution in [0.15, 0.2) is 42.5 Å². The molecular formula is C15H14ClF2N. The molecule has 0 aliphatic heterocycles. The molecule has 2 N–H and O–H groups in total. The summed E-state index contributed by atoms with van der Waals surface area (Å²) in [4.78, 5) is 0. The lowest BCUT2D eigenvalue weighted by atomic mass is 9.92. The summed E-state index contributed by atoms with van der Waals surface area (Å²) in [5.41, 5.74) is 7.63. The zero-order valence-electron chi connectivity index (χ0n) is 10.2. The van der Waals surface area contributed by atoms with Gasteiger partial charge in [-0.2, -0.15) is 0 Å². The Labute approximate surface area is 116 Å². The number of nitrogens with two attached hydrogens (primary N) is 1. The van der Waals surface area contributed by atoms with Crippen LogP contribution in [0.1, 0.15) is 17.0 Å². The molecule has 0 saturated heterocycles. The summed E-state index contributed by atoms with van der Waals surface area (Å²) in [6, 6.07) is 10.9. The van der Waals surface area contributed by atoms with Crippen molar-refractivity contribution in [2.75, 3.05) is 6.54 Å². The SMILES string of the molecule is NCC(Cc1ccc(F)c(Cl)c1)c1ccc(F)cc1. The second-order valence-corrected chi connectivity index (χ2v) is 4.84. The highest BCUT2D eigenvalue weighted by Crippen LogP contribution is 2.23. The van der Waals surface area contributed by atoms with Crippen LogP contribution < -0.4 is 5.73 Å². The van der Waals surface area contributed by atoms with E-state index in [1.807, 2.05) is 0 Å². The van der Waals surface area contributed by atoms with E-state index in [1.165, 1.54) is 18.2 Å². The second-order valence-electron chi connectivity index (χ2n) is 4.44. The van der Waals surface area contributed by atoms with E-state index >= 15 is 0 Å². The van der Waals surface area contributed by atoms with Crippen LogP contribution in [-0.2, 0) is 6.42 Å². The summed E-state index contributed by atoms with van der Waals surface area (Å²) in [5.74, 6) is -0.650. The van der Waals surface area contributed by atoms with Crippen molar-refractivity contribution in [2.24, 2.45) is 5.73 Å². The molecule has 1 unspecified atom stereocenters. The van der Waals surface area contributed by atoms with Gasteiger partial charge in [-0.3, -0.25) is 0 Å². The summed E-state index contributed by atoms with van der Waals surface area (Å²) in [5, 5.41) is 0.104. The van der Waals surface area contributed by atoms with Crippen LogP contribution in [0.5, 0.6) is 0 Å². The first-order valence-electron chi connectivity index (χ1n) is 5.99. The minimum absolute atomic E-state index is 0.0575. The van der Waals surface area contributed by atoms with Gasteiger partial charge in [0.05, 0.1) is 5.02 Å². The van der Waals surface area contributed by atoms with Gasteiger partial charge >= 0.3 is 0 Å². The van der Waals surface area contributed by atoms with Gasteiger partial charge in [0.2, 0.25) is 0 Å². The lowest BCUT2D eigenvalue weighted by Crippen LogP contribution is -2.15. The van der Waals surface area contributed by atoms with Gasteiger partial charge in [0.1, 0.15) is 11.6 Å². The lowest BCUT2D eigenvalue weighted by molar-refractivity contribution is 0.621. The van der Waals surface area contributed by atoms with Crippen molar-refractivity contribution in [3.8, 4) is 0 Å². The van der Waals surface area contributed by atoms with E-state index in [4.69, 9.17) is 17.3 Å². The van der Waals surface area contributed by atoms with Gasteiger partial charge in [-0.25, -0.2) is 8.78 Å². The standard InChI is InChI=1S/C15H14ClF2N/c16-14-8-10(1-6-15(14)18)7-12(9-19)11-2-4-13(17)5-3-11/h1-6,8,12H,7,9,19H2. The lowest BCUT2D eigenvalue weighted by Gasteiger charge is -2.15. The summed E-state index contributed by atoms with van der Waals surface area (Å²) in [7, 11) is 0. The van der Waals surface area contributed by atoms with E-state index in [2.05, 4.69) is 0 Å². The van der Waals surface area contributed by atoms with E-state index in [0.717, 1.165) is 11.1 Å². The molecule has 1 atom stereocenters. The number of hydrogen-bond donors (Lipinski definition) is 1. The fourth-order valence-electron chi connectivity index (χ4n) is 2.02. The van der Waals surface area contributed by atoms with Crippen LogP contribution in [0.4, 0.5) is 8.78 Å². The molecule has 19 heavy (non-hydrogen) atoms. The molecule has 0 fully saturated rings. The van der Waals surface area contributed by atoms with Crippen molar-refractivity contribution in [1.29, 1.82) is 0 Å². The molecule has 100 valence electrons. The van der Waals surface area contributed by atoms with Crippen molar-refractivity contribution in [1.82, 2.24) is 0 Å². The molecule has 0 saturated carbocycles. The molecule has 0 aliphatic rings. The molecule has 0 bridgehead atoms. The van der Waals surface area contributed by atoms with Crippen molar-refractivity contribution >= 4 is 11.6 Å². The van der Waals surface area contributed by atoms with Gasteiger partial charge < -0.3 is 5.73 Å². The molecule has 2 aromatic carbocycles. The summed E-state index contributed by atoms with van der Waals surface area (Å²) < 4.78 is 26.0. The van der Waals surface area contributed by atoms with E-state index in [1.54, 1.807) is 24.3 Å². The minimum Gasteiger partial charge on any atom is -0.330 e. The number of hydrogen-bond acceptors (Lipinski definition) is 1. The highest BCUT2D eigenvalue weighted by atomic mass is 35.5. The Morgan fingerprint density at radius 3 is 2.32 bits per heavy atom. The summed E-state index contributed by atoms with van der Waals surface area (Å²) in [6.07, 6.45) is 0.641. The van der Waals surface area contributed by atoms with E-state index in [9.17, 15) is 8.78 Å². The molecule has 0 heterocycles. The largest absolute Gasteiger partial charge is 0.330 e. The fourth-order valence-corrected chi connectivity index (χ4v) is 2.23. The Bertz CT molecular complexity index is 555. The normalized spacial score (nSPS) is 12.4. The predicted molar refractivity (Wildman–Crippen MR) is 73.3 cm³/mol. The Morgan fingerprint density at radius 1 is 1.05 bits per heavy atom. The van der Waals surface area contributed by atoms with Gasteiger partial charge in [-0.05, 0) is 48.4 Å². The first-order chi connectivity index (χ1) is 9.10. The summed E-state index contributed by atoms with van der Waals surface area (Å²) in [6.45, 7) is 0.431. The zero-order chi connectivity index (χ0) is 13.8. The van der Waals surface area contributed by atoms with Crippen molar-refractivity contribution in [3.63, 3.8) is 0 Å². The highest BCUT2D eigenvalue weighted by molar-refractivity contribution is 6.30. The van der Waals surface area contributed by atoms with Gasteiger partial charge in [0.25, 0.3) is 0 Å². The quantitative estimate of drug-likeness (QED) is 0.904. The molecule has 0 aliphatic carbocycles. The zero-order valence-corrected chi connectivity index (χ0v) is 11.0. The summed E-state index contributed by atoms with van der Waals surface area (Å²) >= 11 is 5.75. The molecule has 1 nitrogen and oxygen atoms in total. The maximum atomic E-state index is 13.1. The Kier molecular flexibility index (Phi) is 4.51. The van der Waals surface area contributed by atoms with Crippen molar-refractivity contribution in [2.45, 2.75) is 12.3 Å². The maximum Gasteiger partial charge on any atom is 0.141 e. The van der Waals surface area contributed by atoms with Gasteiger partial charge in [-0.1, -0.05) is 29.8 Å². The maximum absolute atomic E-state index is 13.1. The van der Waals surface area contributed by atoms with Crippen LogP contribution in [0.2, 0.25) is 5.02 Å². The third-order valence-electron chi connectivity index (χ3n) is 3.09. The Hall–Kier alpha value is -1.45. The van der Waals surface area contributed by atoms with E-state index in [-0.39, 0.29) is 16.8 Å². The van der Waals surface area contributed by atoms with E-state index in [0.29, 0.717) is 13.0 Å². The number of benzene rings is 2. The average molecular weight is 282 g/mol. The first-order valence-corrected chi connectivity index (χ1v) is 6.37. The molecule has 0 aromatic heterocycles. The van der Waals surface area contributed by atoms with Gasteiger partial charge in [0, 0.05) is 5.92 Å². The van der Waals surface area contributed by atoms with Crippen molar-refractivity contribution < 1.29 is 8.78 Å². The van der Waals surface area contributed by atoms with Gasteiger partial charge in [-0.15, -0.1) is 0 Å². The number of halogens is 3. The van der Waals surface area contributed by atoms with E-state index < -0.39 is 5.82 Å². The van der Waals surface area contributed by atoms with Crippen LogP contribution in [-0.4, -0.2) is 6.54 Å². The molecule has 0 radical (unpaired) electrons. The monoisotopic (exact) mass is 281 g/mol. The molecule has 2 aromatic rings. The molecule has 4 heteroatoms. The third-order valence-corrected chi connectivity index (χ3v) is 3.38. The van der Waals surface area contributed by atoms with Gasteiger partial charge in [0.15, 0.2) is 0 Å². The molecule has 0 amide bonds. The predicted octanol–water partition coefficient (Wildman–Crippen LogP) is 3.90. The molecular weight excluding hydrogens is 268 g/mol. The fraction of sp³-hybridized carbons (Fsp3) is 0.200. The first kappa shape index (κ1) is 14.0. The molecule has 0 spiro atoms. The topological polar surface area (TPSA) is 26.0 Å². The van der Waals surface area contributed by atoms with Crippen LogP contribution in [0.3, 0.4) is 0 Å².